The molecule has 0 aliphatic heterocycles. The number of carbonyl (C=O) groups is 2. The van der Waals surface area contributed by atoms with Gasteiger partial charge in [-0.25, -0.2) is 0 Å². The van der Waals surface area contributed by atoms with Crippen molar-refractivity contribution in [2.24, 2.45) is 0 Å². The van der Waals surface area contributed by atoms with Crippen LogP contribution in [0.25, 0.3) is 0 Å². The molecule has 0 spiro atoms. The summed E-state index contributed by atoms with van der Waals surface area (Å²) in [4.78, 5) is 23.7. The Morgan fingerprint density at radius 2 is 1.79 bits per heavy atom. The Morgan fingerprint density at radius 1 is 1.08 bits per heavy atom. The summed E-state index contributed by atoms with van der Waals surface area (Å²) < 4.78 is 31.6. The summed E-state index contributed by atoms with van der Waals surface area (Å²) in [6, 6.07) is 13.2. The van der Waals surface area contributed by atoms with E-state index in [2.05, 4.69) is 5.32 Å². The molecule has 1 amide bonds. The summed E-state index contributed by atoms with van der Waals surface area (Å²) in [6.45, 7) is 0. The Balaban J connectivity index is 1.88. The molecule has 2 aromatic rings. The molecule has 122 valence electrons. The predicted octanol–water partition coefficient (Wildman–Crippen LogP) is 2.45. The number of nitrogens with one attached hydrogen (secondary N) is 1. The average Bonchev–Trinajstić information content (AvgIpc) is 2.54. The minimum absolute atomic E-state index is 0.102. The first-order valence-corrected chi connectivity index (χ1v) is 8.50. The van der Waals surface area contributed by atoms with Crippen molar-refractivity contribution in [3.8, 4) is 0 Å². The zero-order valence-corrected chi connectivity index (χ0v) is 13.2. The third-order valence-corrected chi connectivity index (χ3v) is 4.58. The van der Waals surface area contributed by atoms with Crippen molar-refractivity contribution in [1.29, 1.82) is 0 Å². The van der Waals surface area contributed by atoms with E-state index >= 15 is 0 Å². The maximum atomic E-state index is 12.1. The molecule has 0 atom stereocenters. The van der Waals surface area contributed by atoms with E-state index in [1.807, 2.05) is 0 Å². The zero-order chi connectivity index (χ0) is 17.3. The Kier molecular flexibility index (Phi) is 4.04. The van der Waals surface area contributed by atoms with Gasteiger partial charge in [-0.2, -0.15) is 8.42 Å². The predicted molar refractivity (Wildman–Crippen MR) is 88.5 cm³/mol. The molecule has 0 aromatic heterocycles. The SMILES string of the molecule is O=C(Nc1ccc2c(c1)CC(S(=O)(=O)O)=CC2=O)c1ccccc1. The summed E-state index contributed by atoms with van der Waals surface area (Å²) in [5, 5.41) is 2.70. The number of ketones is 1. The monoisotopic (exact) mass is 343 g/mol. The van der Waals surface area contributed by atoms with Gasteiger partial charge in [0.05, 0.1) is 4.91 Å². The Labute approximate surface area is 138 Å². The molecule has 0 unspecified atom stereocenters. The van der Waals surface area contributed by atoms with Crippen LogP contribution in [0.3, 0.4) is 0 Å². The van der Waals surface area contributed by atoms with Crippen LogP contribution in [0.5, 0.6) is 0 Å². The average molecular weight is 343 g/mol. The molecule has 0 saturated carbocycles. The number of allylic oxidation sites excluding steroid dienone is 2. The maximum Gasteiger partial charge on any atom is 0.291 e. The van der Waals surface area contributed by atoms with Crippen LogP contribution in [0.15, 0.2) is 59.5 Å². The van der Waals surface area contributed by atoms with Crippen molar-refractivity contribution < 1.29 is 22.6 Å². The maximum absolute atomic E-state index is 12.1. The van der Waals surface area contributed by atoms with Gasteiger partial charge in [0.25, 0.3) is 16.0 Å². The summed E-state index contributed by atoms with van der Waals surface area (Å²) in [6.07, 6.45) is 0.814. The van der Waals surface area contributed by atoms with E-state index < -0.39 is 15.9 Å². The highest BCUT2D eigenvalue weighted by Crippen LogP contribution is 2.26. The summed E-state index contributed by atoms with van der Waals surface area (Å²) in [5.41, 5.74) is 1.69. The minimum Gasteiger partial charge on any atom is -0.322 e. The van der Waals surface area contributed by atoms with Crippen LogP contribution in [-0.2, 0) is 16.5 Å². The van der Waals surface area contributed by atoms with Gasteiger partial charge in [-0.3, -0.25) is 14.1 Å². The molecular formula is C17H13NO5S. The van der Waals surface area contributed by atoms with E-state index in [0.717, 1.165) is 6.08 Å². The van der Waals surface area contributed by atoms with Gasteiger partial charge in [-0.05, 0) is 35.9 Å². The van der Waals surface area contributed by atoms with Crippen LogP contribution >= 0.6 is 0 Å². The highest BCUT2D eigenvalue weighted by Gasteiger charge is 2.25. The van der Waals surface area contributed by atoms with E-state index in [-0.39, 0.29) is 17.2 Å². The number of carbonyl (C=O) groups excluding carboxylic acids is 2. The van der Waals surface area contributed by atoms with Gasteiger partial charge in [0, 0.05) is 29.3 Å². The second kappa shape index (κ2) is 6.03. The highest BCUT2D eigenvalue weighted by atomic mass is 32.2. The highest BCUT2D eigenvalue weighted by molar-refractivity contribution is 7.89. The van der Waals surface area contributed by atoms with Crippen LogP contribution in [0, 0.1) is 0 Å². The van der Waals surface area contributed by atoms with Gasteiger partial charge >= 0.3 is 0 Å². The number of anilines is 1. The van der Waals surface area contributed by atoms with Gasteiger partial charge < -0.3 is 5.32 Å². The molecule has 3 rings (SSSR count). The topological polar surface area (TPSA) is 101 Å². The van der Waals surface area contributed by atoms with Crippen molar-refractivity contribution in [2.75, 3.05) is 5.32 Å². The molecule has 1 aliphatic carbocycles. The van der Waals surface area contributed by atoms with E-state index in [4.69, 9.17) is 4.55 Å². The summed E-state index contributed by atoms with van der Waals surface area (Å²) >= 11 is 0. The van der Waals surface area contributed by atoms with Gasteiger partial charge in [0.1, 0.15) is 0 Å². The first-order valence-electron chi connectivity index (χ1n) is 7.06. The molecule has 6 nitrogen and oxygen atoms in total. The molecule has 24 heavy (non-hydrogen) atoms. The van der Waals surface area contributed by atoms with Crippen LogP contribution in [0.4, 0.5) is 5.69 Å². The molecule has 2 N–H and O–H groups in total. The number of rotatable bonds is 3. The molecule has 1 aliphatic rings. The second-order valence-corrected chi connectivity index (χ2v) is 6.79. The van der Waals surface area contributed by atoms with Crippen molar-refractivity contribution in [1.82, 2.24) is 0 Å². The first kappa shape index (κ1) is 16.1. The normalized spacial score (nSPS) is 13.9. The van der Waals surface area contributed by atoms with Crippen LogP contribution in [-0.4, -0.2) is 24.7 Å². The smallest absolute Gasteiger partial charge is 0.291 e. The summed E-state index contributed by atoms with van der Waals surface area (Å²) in [7, 11) is -4.43. The fourth-order valence-corrected chi connectivity index (χ4v) is 3.07. The zero-order valence-electron chi connectivity index (χ0n) is 12.4. The Bertz CT molecular complexity index is 962. The van der Waals surface area contributed by atoms with Crippen molar-refractivity contribution in [3.05, 3.63) is 76.2 Å². The molecule has 0 saturated heterocycles. The number of fused-ring (bicyclic) bond motifs is 1. The number of benzene rings is 2. The van der Waals surface area contributed by atoms with E-state index in [1.54, 1.807) is 36.4 Å². The van der Waals surface area contributed by atoms with E-state index in [9.17, 15) is 18.0 Å². The van der Waals surface area contributed by atoms with Gasteiger partial charge in [0.15, 0.2) is 5.78 Å². The summed E-state index contributed by atoms with van der Waals surface area (Å²) in [5.74, 6) is -0.812. The van der Waals surface area contributed by atoms with Gasteiger partial charge in [-0.15, -0.1) is 0 Å². The molecular weight excluding hydrogens is 330 g/mol. The third kappa shape index (κ3) is 3.27. The first-order chi connectivity index (χ1) is 11.3. The lowest BCUT2D eigenvalue weighted by Gasteiger charge is -2.16. The Hall–Kier alpha value is -2.77. The second-order valence-electron chi connectivity index (χ2n) is 5.32. The molecule has 0 heterocycles. The Morgan fingerprint density at radius 3 is 2.46 bits per heavy atom. The van der Waals surface area contributed by atoms with Gasteiger partial charge in [0.2, 0.25) is 0 Å². The van der Waals surface area contributed by atoms with Crippen LogP contribution < -0.4 is 5.32 Å². The lowest BCUT2D eigenvalue weighted by Crippen LogP contribution is -2.17. The molecule has 0 fully saturated rings. The van der Waals surface area contributed by atoms with Crippen molar-refractivity contribution in [2.45, 2.75) is 6.42 Å². The molecule has 0 bridgehead atoms. The third-order valence-electron chi connectivity index (χ3n) is 3.65. The largest absolute Gasteiger partial charge is 0.322 e. The standard InChI is InChI=1S/C17H13NO5S/c19-16-10-14(24(21,22)23)9-12-8-13(6-7-15(12)16)18-17(20)11-4-2-1-3-5-11/h1-8,10H,9H2,(H,18,20)(H,21,22,23). The van der Waals surface area contributed by atoms with Crippen LogP contribution in [0.1, 0.15) is 26.3 Å². The van der Waals surface area contributed by atoms with Crippen LogP contribution in [0.2, 0.25) is 0 Å². The minimum atomic E-state index is -4.43. The number of hydrogen-bond acceptors (Lipinski definition) is 4. The van der Waals surface area contributed by atoms with E-state index in [0.29, 0.717) is 22.4 Å². The lowest BCUT2D eigenvalue weighted by molar-refractivity contribution is 0.102. The van der Waals surface area contributed by atoms with Gasteiger partial charge in [-0.1, -0.05) is 18.2 Å². The van der Waals surface area contributed by atoms with Crippen molar-refractivity contribution >= 4 is 27.5 Å². The van der Waals surface area contributed by atoms with E-state index in [1.165, 1.54) is 12.1 Å². The quantitative estimate of drug-likeness (QED) is 0.834. The van der Waals surface area contributed by atoms with Crippen molar-refractivity contribution in [3.63, 3.8) is 0 Å². The fraction of sp³-hybridized carbons (Fsp3) is 0.0588. The number of amides is 1. The molecule has 0 radical (unpaired) electrons. The number of hydrogen-bond donors (Lipinski definition) is 2. The fourth-order valence-electron chi connectivity index (χ4n) is 2.48. The molecule has 7 heteroatoms. The molecule has 2 aromatic carbocycles. The lowest BCUT2D eigenvalue weighted by atomic mass is 9.95.